The maximum atomic E-state index is 12.4. The van der Waals surface area contributed by atoms with Crippen LogP contribution in [0.5, 0.6) is 5.75 Å². The first-order valence-electron chi connectivity index (χ1n) is 9.45. The van der Waals surface area contributed by atoms with Gasteiger partial charge in [-0.15, -0.1) is 0 Å². The normalized spacial score (nSPS) is 11.8. The van der Waals surface area contributed by atoms with E-state index in [1.54, 1.807) is 13.1 Å². The number of para-hydroxylation sites is 3. The van der Waals surface area contributed by atoms with Crippen molar-refractivity contribution in [3.63, 3.8) is 0 Å². The molecule has 0 radical (unpaired) electrons. The van der Waals surface area contributed by atoms with Crippen molar-refractivity contribution in [3.8, 4) is 17.0 Å². The van der Waals surface area contributed by atoms with Crippen molar-refractivity contribution in [2.75, 3.05) is 5.32 Å². The Labute approximate surface area is 169 Å². The minimum Gasteiger partial charge on any atom is -0.481 e. The summed E-state index contributed by atoms with van der Waals surface area (Å²) in [5.74, 6) is 0.429. The summed E-state index contributed by atoms with van der Waals surface area (Å²) in [5, 5.41) is 2.90. The highest BCUT2D eigenvalue weighted by atomic mass is 16.5. The molecule has 0 saturated heterocycles. The molecule has 1 amide bonds. The van der Waals surface area contributed by atoms with Gasteiger partial charge in [-0.2, -0.15) is 0 Å². The molecule has 0 aliphatic carbocycles. The highest BCUT2D eigenvalue weighted by molar-refractivity contribution is 5.94. The maximum Gasteiger partial charge on any atom is 0.265 e. The Morgan fingerprint density at radius 2 is 1.62 bits per heavy atom. The zero-order valence-electron chi connectivity index (χ0n) is 16.3. The third kappa shape index (κ3) is 4.24. The van der Waals surface area contributed by atoms with Gasteiger partial charge in [0, 0.05) is 11.3 Å². The van der Waals surface area contributed by atoms with Gasteiger partial charge in [0.2, 0.25) is 0 Å². The van der Waals surface area contributed by atoms with Gasteiger partial charge in [0.15, 0.2) is 6.10 Å². The number of fused-ring (bicyclic) bond motifs is 1. The number of aromatic nitrogens is 2. The van der Waals surface area contributed by atoms with E-state index in [9.17, 15) is 4.79 Å². The number of nitrogens with one attached hydrogen (secondary N) is 1. The molecular formula is C24H21N3O2. The molecule has 1 atom stereocenters. The number of carbonyl (C=O) groups excluding carboxylic acids is 1. The van der Waals surface area contributed by atoms with Crippen LogP contribution < -0.4 is 10.1 Å². The van der Waals surface area contributed by atoms with E-state index in [-0.39, 0.29) is 5.91 Å². The zero-order valence-corrected chi connectivity index (χ0v) is 16.3. The number of anilines is 1. The average molecular weight is 383 g/mol. The van der Waals surface area contributed by atoms with Crippen molar-refractivity contribution < 1.29 is 9.53 Å². The first-order valence-corrected chi connectivity index (χ1v) is 9.45. The molecule has 0 spiro atoms. The highest BCUT2D eigenvalue weighted by Gasteiger charge is 2.15. The van der Waals surface area contributed by atoms with Crippen LogP contribution >= 0.6 is 0 Å². The second-order valence-corrected chi connectivity index (χ2v) is 6.83. The fourth-order valence-corrected chi connectivity index (χ4v) is 3.01. The Balaban J connectivity index is 1.44. The molecule has 29 heavy (non-hydrogen) atoms. The first kappa shape index (κ1) is 18.6. The molecule has 3 aromatic carbocycles. The summed E-state index contributed by atoms with van der Waals surface area (Å²) in [5.41, 5.74) is 5.25. The van der Waals surface area contributed by atoms with Crippen molar-refractivity contribution in [2.24, 2.45) is 0 Å². The van der Waals surface area contributed by atoms with Gasteiger partial charge in [-0.25, -0.2) is 4.98 Å². The molecule has 0 bridgehead atoms. The smallest absolute Gasteiger partial charge is 0.265 e. The Hall–Kier alpha value is -3.73. The van der Waals surface area contributed by atoms with Crippen LogP contribution in [0.4, 0.5) is 5.69 Å². The van der Waals surface area contributed by atoms with Crippen molar-refractivity contribution in [1.29, 1.82) is 0 Å². The van der Waals surface area contributed by atoms with Crippen LogP contribution in [0.1, 0.15) is 12.5 Å². The molecule has 1 N–H and O–H groups in total. The number of rotatable bonds is 5. The van der Waals surface area contributed by atoms with Gasteiger partial charge >= 0.3 is 0 Å². The van der Waals surface area contributed by atoms with E-state index in [4.69, 9.17) is 4.74 Å². The molecule has 0 aliphatic rings. The molecule has 0 aliphatic heterocycles. The lowest BCUT2D eigenvalue weighted by Gasteiger charge is -2.16. The predicted molar refractivity (Wildman–Crippen MR) is 115 cm³/mol. The summed E-state index contributed by atoms with van der Waals surface area (Å²) >= 11 is 0. The molecule has 0 saturated carbocycles. The molecule has 4 aromatic rings. The van der Waals surface area contributed by atoms with E-state index in [0.29, 0.717) is 5.75 Å². The SMILES string of the molecule is Cc1ccccc1NC(=O)[C@H](C)Oc1ccc(-c2cnc3ccccc3n2)cc1. The average Bonchev–Trinajstić information content (AvgIpc) is 2.75. The van der Waals surface area contributed by atoms with Gasteiger partial charge in [0.25, 0.3) is 5.91 Å². The van der Waals surface area contributed by atoms with Crippen molar-refractivity contribution in [3.05, 3.63) is 84.6 Å². The molecule has 5 nitrogen and oxygen atoms in total. The Bertz CT molecular complexity index is 1160. The third-order valence-corrected chi connectivity index (χ3v) is 4.68. The number of hydrogen-bond acceptors (Lipinski definition) is 4. The van der Waals surface area contributed by atoms with Crippen LogP contribution in [0, 0.1) is 6.92 Å². The number of nitrogens with zero attached hydrogens (tertiary/aromatic N) is 2. The minimum atomic E-state index is -0.624. The van der Waals surface area contributed by atoms with E-state index in [0.717, 1.165) is 33.5 Å². The molecular weight excluding hydrogens is 362 g/mol. The molecule has 144 valence electrons. The fourth-order valence-electron chi connectivity index (χ4n) is 3.01. The van der Waals surface area contributed by atoms with Crippen LogP contribution in [0.25, 0.3) is 22.3 Å². The van der Waals surface area contributed by atoms with E-state index < -0.39 is 6.10 Å². The summed E-state index contributed by atoms with van der Waals surface area (Å²) in [4.78, 5) is 21.5. The lowest BCUT2D eigenvalue weighted by molar-refractivity contribution is -0.122. The van der Waals surface area contributed by atoms with Gasteiger partial charge in [-0.05, 0) is 61.9 Å². The van der Waals surface area contributed by atoms with Crippen LogP contribution in [-0.2, 0) is 4.79 Å². The van der Waals surface area contributed by atoms with Gasteiger partial charge < -0.3 is 10.1 Å². The van der Waals surface area contributed by atoms with Crippen molar-refractivity contribution in [1.82, 2.24) is 9.97 Å². The lowest BCUT2D eigenvalue weighted by Crippen LogP contribution is -2.30. The van der Waals surface area contributed by atoms with Crippen LogP contribution in [0.2, 0.25) is 0 Å². The number of amides is 1. The van der Waals surface area contributed by atoms with E-state index in [1.807, 2.05) is 79.7 Å². The molecule has 4 rings (SSSR count). The Kier molecular flexibility index (Phi) is 5.20. The molecule has 1 aromatic heterocycles. The number of carbonyl (C=O) groups is 1. The Morgan fingerprint density at radius 3 is 2.38 bits per heavy atom. The summed E-state index contributed by atoms with van der Waals surface area (Å²) in [7, 11) is 0. The standard InChI is InChI=1S/C24H21N3O2/c1-16-7-3-4-8-20(16)27-24(28)17(2)29-19-13-11-18(12-14-19)23-15-25-21-9-5-6-10-22(21)26-23/h3-15,17H,1-2H3,(H,27,28)/t17-/m0/s1. The number of benzene rings is 3. The van der Waals surface area contributed by atoms with Crippen LogP contribution in [0.3, 0.4) is 0 Å². The van der Waals surface area contributed by atoms with E-state index in [1.165, 1.54) is 0 Å². The Morgan fingerprint density at radius 1 is 0.931 bits per heavy atom. The predicted octanol–water partition coefficient (Wildman–Crippen LogP) is 5.01. The summed E-state index contributed by atoms with van der Waals surface area (Å²) in [6.45, 7) is 3.69. The second kappa shape index (κ2) is 8.10. The summed E-state index contributed by atoms with van der Waals surface area (Å²) in [6, 6.07) is 22.9. The third-order valence-electron chi connectivity index (χ3n) is 4.68. The quantitative estimate of drug-likeness (QED) is 0.526. The maximum absolute atomic E-state index is 12.4. The molecule has 5 heteroatoms. The van der Waals surface area contributed by atoms with Crippen LogP contribution in [0.15, 0.2) is 79.0 Å². The van der Waals surface area contributed by atoms with Gasteiger partial charge in [0.1, 0.15) is 5.75 Å². The summed E-state index contributed by atoms with van der Waals surface area (Å²) in [6.07, 6.45) is 1.14. The van der Waals surface area contributed by atoms with Gasteiger partial charge in [0.05, 0.1) is 22.9 Å². The summed E-state index contributed by atoms with van der Waals surface area (Å²) < 4.78 is 5.80. The number of hydrogen-bond donors (Lipinski definition) is 1. The van der Waals surface area contributed by atoms with Crippen molar-refractivity contribution >= 4 is 22.6 Å². The van der Waals surface area contributed by atoms with Crippen LogP contribution in [-0.4, -0.2) is 22.0 Å². The highest BCUT2D eigenvalue weighted by Crippen LogP contribution is 2.23. The monoisotopic (exact) mass is 383 g/mol. The van der Waals surface area contributed by atoms with Gasteiger partial charge in [-0.1, -0.05) is 30.3 Å². The van der Waals surface area contributed by atoms with E-state index in [2.05, 4.69) is 15.3 Å². The fraction of sp³-hybridized carbons (Fsp3) is 0.125. The topological polar surface area (TPSA) is 64.1 Å². The zero-order chi connectivity index (χ0) is 20.2. The lowest BCUT2D eigenvalue weighted by atomic mass is 10.1. The minimum absolute atomic E-state index is 0.191. The largest absolute Gasteiger partial charge is 0.481 e. The molecule has 0 unspecified atom stereocenters. The van der Waals surface area contributed by atoms with Gasteiger partial charge in [-0.3, -0.25) is 9.78 Å². The number of ether oxygens (including phenoxy) is 1. The van der Waals surface area contributed by atoms with E-state index >= 15 is 0 Å². The molecule has 1 heterocycles. The second-order valence-electron chi connectivity index (χ2n) is 6.83. The number of aryl methyl sites for hydroxylation is 1. The molecule has 0 fully saturated rings. The van der Waals surface area contributed by atoms with Crippen molar-refractivity contribution in [2.45, 2.75) is 20.0 Å². The first-order chi connectivity index (χ1) is 14.1.